The number of rotatable bonds is 7. The van der Waals surface area contributed by atoms with Gasteiger partial charge in [-0.05, 0) is 42.8 Å². The third kappa shape index (κ3) is 5.84. The summed E-state index contributed by atoms with van der Waals surface area (Å²) in [6.07, 6.45) is 0. The number of nitrogens with two attached hydrogens (primary N) is 1. The van der Waals surface area contributed by atoms with Crippen LogP contribution in [0.3, 0.4) is 0 Å². The average Bonchev–Trinajstić information content (AvgIpc) is 2.74. The van der Waals surface area contributed by atoms with Crippen LogP contribution in [0.25, 0.3) is 0 Å². The number of hydrogen-bond donors (Lipinski definition) is 2. The number of carbonyl (C=O) groups excluding carboxylic acids is 2. The Morgan fingerprint density at radius 3 is 2.41 bits per heavy atom. The van der Waals surface area contributed by atoms with Crippen LogP contribution < -0.4 is 15.8 Å². The molecule has 0 heterocycles. The number of esters is 1. The smallest absolute Gasteiger partial charge is 0.338 e. The van der Waals surface area contributed by atoms with Crippen LogP contribution in [-0.4, -0.2) is 18.5 Å². The van der Waals surface area contributed by atoms with Gasteiger partial charge in [-0.25, -0.2) is 4.79 Å². The molecule has 0 saturated carbocycles. The highest BCUT2D eigenvalue weighted by Crippen LogP contribution is 2.23. The lowest BCUT2D eigenvalue weighted by atomic mass is 10.2. The molecule has 3 rings (SSSR count). The van der Waals surface area contributed by atoms with Gasteiger partial charge in [-0.15, -0.1) is 0 Å². The first-order valence-corrected chi connectivity index (χ1v) is 9.11. The van der Waals surface area contributed by atoms with Gasteiger partial charge in [-0.2, -0.15) is 0 Å². The van der Waals surface area contributed by atoms with Crippen molar-refractivity contribution in [1.29, 1.82) is 0 Å². The second-order valence-electron chi connectivity index (χ2n) is 6.52. The Morgan fingerprint density at radius 1 is 0.966 bits per heavy atom. The minimum absolute atomic E-state index is 0.166. The zero-order valence-corrected chi connectivity index (χ0v) is 16.1. The van der Waals surface area contributed by atoms with Crippen LogP contribution in [0.2, 0.25) is 0 Å². The molecule has 3 aromatic carbocycles. The number of amides is 1. The van der Waals surface area contributed by atoms with Crippen molar-refractivity contribution in [2.24, 2.45) is 0 Å². The molecule has 29 heavy (non-hydrogen) atoms. The molecule has 0 aromatic heterocycles. The van der Waals surface area contributed by atoms with E-state index < -0.39 is 5.97 Å². The summed E-state index contributed by atoms with van der Waals surface area (Å²) in [4.78, 5) is 24.4. The van der Waals surface area contributed by atoms with Gasteiger partial charge in [0.25, 0.3) is 5.91 Å². The molecule has 1 amide bonds. The largest absolute Gasteiger partial charge is 0.482 e. The predicted molar refractivity (Wildman–Crippen MR) is 112 cm³/mol. The zero-order chi connectivity index (χ0) is 20.6. The number of nitrogens with one attached hydrogen (secondary N) is 1. The van der Waals surface area contributed by atoms with Gasteiger partial charge in [-0.3, -0.25) is 4.79 Å². The van der Waals surface area contributed by atoms with Crippen molar-refractivity contribution in [3.05, 3.63) is 89.5 Å². The minimum atomic E-state index is -0.497. The van der Waals surface area contributed by atoms with Crippen molar-refractivity contribution in [3.63, 3.8) is 0 Å². The van der Waals surface area contributed by atoms with E-state index in [-0.39, 0.29) is 24.9 Å². The number of nitrogen functional groups attached to an aromatic ring is 1. The third-order valence-corrected chi connectivity index (χ3v) is 4.16. The molecule has 148 valence electrons. The van der Waals surface area contributed by atoms with Gasteiger partial charge in [0, 0.05) is 5.69 Å². The molecule has 0 radical (unpaired) electrons. The Hall–Kier alpha value is -3.80. The molecule has 0 aliphatic heterocycles. The monoisotopic (exact) mass is 390 g/mol. The number of ether oxygens (including phenoxy) is 2. The van der Waals surface area contributed by atoms with Crippen molar-refractivity contribution in [2.75, 3.05) is 17.7 Å². The third-order valence-electron chi connectivity index (χ3n) is 4.16. The minimum Gasteiger partial charge on any atom is -0.482 e. The Labute approximate surface area is 169 Å². The maximum absolute atomic E-state index is 12.3. The van der Waals surface area contributed by atoms with Crippen LogP contribution >= 0.6 is 0 Å². The summed E-state index contributed by atoms with van der Waals surface area (Å²) in [7, 11) is 0. The van der Waals surface area contributed by atoms with Crippen molar-refractivity contribution in [3.8, 4) is 5.75 Å². The zero-order valence-electron chi connectivity index (χ0n) is 16.1. The molecule has 0 fully saturated rings. The van der Waals surface area contributed by atoms with E-state index in [9.17, 15) is 9.59 Å². The first kappa shape index (κ1) is 19.9. The quantitative estimate of drug-likeness (QED) is 0.471. The molecule has 0 aliphatic carbocycles. The molecule has 0 aliphatic rings. The molecule has 6 heteroatoms. The van der Waals surface area contributed by atoms with Crippen LogP contribution in [0, 0.1) is 6.92 Å². The van der Waals surface area contributed by atoms with Crippen LogP contribution in [-0.2, 0) is 16.1 Å². The number of aryl methyl sites for hydroxylation is 1. The Bertz CT molecular complexity index is 986. The summed E-state index contributed by atoms with van der Waals surface area (Å²) in [6, 6.07) is 21.4. The molecule has 0 saturated heterocycles. The van der Waals surface area contributed by atoms with Crippen LogP contribution in [0.4, 0.5) is 11.4 Å². The highest BCUT2D eigenvalue weighted by Gasteiger charge is 2.12. The lowest BCUT2D eigenvalue weighted by molar-refractivity contribution is -0.118. The summed E-state index contributed by atoms with van der Waals surface area (Å²) in [5, 5.41) is 2.74. The maximum atomic E-state index is 12.3. The second-order valence-corrected chi connectivity index (χ2v) is 6.52. The van der Waals surface area contributed by atoms with Crippen LogP contribution in [0.1, 0.15) is 21.5 Å². The van der Waals surface area contributed by atoms with Gasteiger partial charge in [0.15, 0.2) is 6.61 Å². The summed E-state index contributed by atoms with van der Waals surface area (Å²) in [5.41, 5.74) is 9.19. The summed E-state index contributed by atoms with van der Waals surface area (Å²) in [5.74, 6) is -0.577. The number of anilines is 2. The molecule has 0 spiro atoms. The highest BCUT2D eigenvalue weighted by molar-refractivity contribution is 5.92. The molecule has 0 unspecified atom stereocenters. The number of benzene rings is 3. The molecule has 0 bridgehead atoms. The molecule has 0 atom stereocenters. The summed E-state index contributed by atoms with van der Waals surface area (Å²) >= 11 is 0. The lowest BCUT2D eigenvalue weighted by Gasteiger charge is -2.11. The first-order chi connectivity index (χ1) is 14.0. The Kier molecular flexibility index (Phi) is 6.47. The van der Waals surface area contributed by atoms with Gasteiger partial charge in [0.1, 0.15) is 12.4 Å². The number of hydrogen-bond acceptors (Lipinski definition) is 5. The average molecular weight is 390 g/mol. The van der Waals surface area contributed by atoms with Crippen molar-refractivity contribution in [1.82, 2.24) is 0 Å². The fourth-order valence-corrected chi connectivity index (χ4v) is 2.57. The Balaban J connectivity index is 1.57. The first-order valence-electron chi connectivity index (χ1n) is 9.11. The van der Waals surface area contributed by atoms with E-state index >= 15 is 0 Å². The van der Waals surface area contributed by atoms with Crippen LogP contribution in [0.15, 0.2) is 72.8 Å². The second kappa shape index (κ2) is 9.41. The molecule has 3 aromatic rings. The SMILES string of the molecule is Cc1ccc(NC(=O)COc2cc(C(=O)OCc3ccccc3)ccc2N)cc1. The van der Waals surface area contributed by atoms with Gasteiger partial charge in [0.05, 0.1) is 11.3 Å². The van der Waals surface area contributed by atoms with E-state index in [1.54, 1.807) is 12.1 Å². The standard InChI is InChI=1S/C23H22N2O4/c1-16-7-10-19(11-8-16)25-22(26)15-28-21-13-18(9-12-20(21)24)23(27)29-14-17-5-3-2-4-6-17/h2-13H,14-15,24H2,1H3,(H,25,26). The topological polar surface area (TPSA) is 90.6 Å². The predicted octanol–water partition coefficient (Wildman–Crippen LogP) is 3.95. The maximum Gasteiger partial charge on any atom is 0.338 e. The van der Waals surface area contributed by atoms with E-state index in [1.165, 1.54) is 6.07 Å². The van der Waals surface area contributed by atoms with Gasteiger partial charge < -0.3 is 20.5 Å². The molecule has 6 nitrogen and oxygen atoms in total. The van der Waals surface area contributed by atoms with E-state index in [1.807, 2.05) is 61.5 Å². The van der Waals surface area contributed by atoms with E-state index in [0.717, 1.165) is 11.1 Å². The lowest BCUT2D eigenvalue weighted by Crippen LogP contribution is -2.20. The van der Waals surface area contributed by atoms with Crippen molar-refractivity contribution < 1.29 is 19.1 Å². The fourth-order valence-electron chi connectivity index (χ4n) is 2.57. The van der Waals surface area contributed by atoms with E-state index in [2.05, 4.69) is 5.32 Å². The summed E-state index contributed by atoms with van der Waals surface area (Å²) in [6.45, 7) is 1.90. The van der Waals surface area contributed by atoms with Crippen molar-refractivity contribution >= 4 is 23.3 Å². The van der Waals surface area contributed by atoms with Crippen molar-refractivity contribution in [2.45, 2.75) is 13.5 Å². The van der Waals surface area contributed by atoms with Crippen LogP contribution in [0.5, 0.6) is 5.75 Å². The highest BCUT2D eigenvalue weighted by atomic mass is 16.5. The van der Waals surface area contributed by atoms with E-state index in [0.29, 0.717) is 16.9 Å². The fraction of sp³-hybridized carbons (Fsp3) is 0.130. The number of carbonyl (C=O) groups is 2. The molecule has 3 N–H and O–H groups in total. The molecular formula is C23H22N2O4. The normalized spacial score (nSPS) is 10.2. The van der Waals surface area contributed by atoms with Gasteiger partial charge in [0.2, 0.25) is 0 Å². The summed E-state index contributed by atoms with van der Waals surface area (Å²) < 4.78 is 10.8. The van der Waals surface area contributed by atoms with Gasteiger partial charge >= 0.3 is 5.97 Å². The Morgan fingerprint density at radius 2 is 1.69 bits per heavy atom. The van der Waals surface area contributed by atoms with E-state index in [4.69, 9.17) is 15.2 Å². The molecular weight excluding hydrogens is 368 g/mol. The van der Waals surface area contributed by atoms with Gasteiger partial charge in [-0.1, -0.05) is 48.0 Å².